The number of carbonyl (C=O) groups excluding carboxylic acids is 1. The van der Waals surface area contributed by atoms with Gasteiger partial charge in [-0.1, -0.05) is 13.8 Å². The second kappa shape index (κ2) is 7.17. The van der Waals surface area contributed by atoms with E-state index in [-0.39, 0.29) is 25.9 Å². The number of amides is 1. The summed E-state index contributed by atoms with van der Waals surface area (Å²) in [7, 11) is 0. The molecule has 0 atom stereocenters. The first-order valence-corrected chi connectivity index (χ1v) is 7.03. The van der Waals surface area contributed by atoms with Crippen LogP contribution in [0.1, 0.15) is 25.8 Å². The number of hydrogen-bond acceptors (Lipinski definition) is 5. The van der Waals surface area contributed by atoms with Crippen molar-refractivity contribution in [1.29, 1.82) is 0 Å². The van der Waals surface area contributed by atoms with Gasteiger partial charge in [0.1, 0.15) is 5.75 Å². The van der Waals surface area contributed by atoms with Crippen LogP contribution in [0.4, 0.5) is 0 Å². The maximum absolute atomic E-state index is 11.7. The van der Waals surface area contributed by atoms with Gasteiger partial charge in [0.05, 0.1) is 6.61 Å². The molecule has 1 aromatic rings. The minimum atomic E-state index is -0.194. The molecule has 0 saturated heterocycles. The fourth-order valence-electron chi connectivity index (χ4n) is 1.92. The Hall–Kier alpha value is -1.95. The largest absolute Gasteiger partial charge is 0.483 e. The summed E-state index contributed by atoms with van der Waals surface area (Å²) in [5.41, 5.74) is 0.564. The topological polar surface area (TPSA) is 77.0 Å². The van der Waals surface area contributed by atoms with Crippen LogP contribution in [0.15, 0.2) is 12.1 Å². The minimum Gasteiger partial charge on any atom is -0.483 e. The lowest BCUT2D eigenvalue weighted by Gasteiger charge is -2.12. The molecule has 1 aliphatic rings. The van der Waals surface area contributed by atoms with Gasteiger partial charge in [-0.05, 0) is 18.4 Å². The molecular weight excluding hydrogens is 274 g/mol. The van der Waals surface area contributed by atoms with Crippen LogP contribution in [0, 0.1) is 5.92 Å². The number of nitrogens with one attached hydrogen (secondary N) is 1. The Morgan fingerprint density at radius 3 is 2.76 bits per heavy atom. The van der Waals surface area contributed by atoms with E-state index >= 15 is 0 Å². The molecule has 2 N–H and O–H groups in total. The van der Waals surface area contributed by atoms with Gasteiger partial charge in [-0.3, -0.25) is 4.79 Å². The van der Waals surface area contributed by atoms with Crippen LogP contribution in [0.25, 0.3) is 0 Å². The van der Waals surface area contributed by atoms with Gasteiger partial charge in [0.2, 0.25) is 6.79 Å². The molecule has 1 amide bonds. The van der Waals surface area contributed by atoms with E-state index in [9.17, 15) is 9.90 Å². The van der Waals surface area contributed by atoms with E-state index in [1.165, 1.54) is 0 Å². The molecule has 21 heavy (non-hydrogen) atoms. The molecule has 0 bridgehead atoms. The molecule has 2 rings (SSSR count). The van der Waals surface area contributed by atoms with Crippen molar-refractivity contribution in [1.82, 2.24) is 5.32 Å². The highest BCUT2D eigenvalue weighted by atomic mass is 16.7. The monoisotopic (exact) mass is 295 g/mol. The molecule has 1 aromatic carbocycles. The Labute approximate surface area is 124 Å². The van der Waals surface area contributed by atoms with Gasteiger partial charge in [0.25, 0.3) is 5.91 Å². The number of benzene rings is 1. The van der Waals surface area contributed by atoms with Gasteiger partial charge in [-0.25, -0.2) is 0 Å². The van der Waals surface area contributed by atoms with Gasteiger partial charge in [0.15, 0.2) is 18.1 Å². The minimum absolute atomic E-state index is 0.0925. The summed E-state index contributed by atoms with van der Waals surface area (Å²) < 4.78 is 15.9. The number of carbonyl (C=O) groups is 1. The number of fused-ring (bicyclic) bond motifs is 1. The predicted molar refractivity (Wildman–Crippen MR) is 76.4 cm³/mol. The van der Waals surface area contributed by atoms with E-state index in [0.717, 1.165) is 6.42 Å². The Morgan fingerprint density at radius 2 is 2.10 bits per heavy atom. The third-order valence-corrected chi connectivity index (χ3v) is 3.13. The molecule has 0 spiro atoms. The van der Waals surface area contributed by atoms with E-state index in [0.29, 0.717) is 35.3 Å². The highest BCUT2D eigenvalue weighted by molar-refractivity contribution is 5.77. The van der Waals surface area contributed by atoms with Crippen LogP contribution in [0.5, 0.6) is 17.2 Å². The molecule has 1 heterocycles. The van der Waals surface area contributed by atoms with Gasteiger partial charge in [-0.2, -0.15) is 0 Å². The van der Waals surface area contributed by atoms with Crippen molar-refractivity contribution >= 4 is 5.91 Å². The predicted octanol–water partition coefficient (Wildman–Crippen LogP) is 1.45. The van der Waals surface area contributed by atoms with E-state index in [4.69, 9.17) is 14.2 Å². The Morgan fingerprint density at radius 1 is 1.38 bits per heavy atom. The molecular formula is C15H21NO5. The number of rotatable bonds is 7. The molecule has 6 nitrogen and oxygen atoms in total. The maximum atomic E-state index is 11.7. The zero-order valence-corrected chi connectivity index (χ0v) is 12.3. The molecule has 0 aromatic heterocycles. The molecule has 0 unspecified atom stereocenters. The summed E-state index contributed by atoms with van der Waals surface area (Å²) in [6, 6.07) is 3.30. The van der Waals surface area contributed by atoms with Crippen molar-refractivity contribution in [3.63, 3.8) is 0 Å². The Balaban J connectivity index is 1.89. The van der Waals surface area contributed by atoms with Crippen molar-refractivity contribution in [2.75, 3.05) is 19.9 Å². The van der Waals surface area contributed by atoms with Crippen LogP contribution in [-0.2, 0) is 11.4 Å². The first-order valence-electron chi connectivity index (χ1n) is 7.03. The summed E-state index contributed by atoms with van der Waals surface area (Å²) in [4.78, 5) is 11.7. The summed E-state index contributed by atoms with van der Waals surface area (Å²) in [6.45, 7) is 4.70. The SMILES string of the molecule is CC(C)CCNC(=O)COc1cc2c(cc1CO)OCO2. The maximum Gasteiger partial charge on any atom is 0.257 e. The van der Waals surface area contributed by atoms with Gasteiger partial charge in [-0.15, -0.1) is 0 Å². The highest BCUT2D eigenvalue weighted by Gasteiger charge is 2.18. The van der Waals surface area contributed by atoms with Crippen LogP contribution in [0.3, 0.4) is 0 Å². The summed E-state index contributed by atoms with van der Waals surface area (Å²) in [5.74, 6) is 1.93. The molecule has 0 aliphatic carbocycles. The number of ether oxygens (including phenoxy) is 3. The van der Waals surface area contributed by atoms with E-state index < -0.39 is 0 Å². The zero-order valence-electron chi connectivity index (χ0n) is 12.3. The van der Waals surface area contributed by atoms with Crippen LogP contribution >= 0.6 is 0 Å². The van der Waals surface area contributed by atoms with Gasteiger partial charge < -0.3 is 24.6 Å². The van der Waals surface area contributed by atoms with Crippen LogP contribution in [0.2, 0.25) is 0 Å². The van der Waals surface area contributed by atoms with Crippen molar-refractivity contribution in [2.24, 2.45) is 5.92 Å². The average Bonchev–Trinajstić information content (AvgIpc) is 2.90. The summed E-state index contributed by atoms with van der Waals surface area (Å²) >= 11 is 0. The van der Waals surface area contributed by atoms with Crippen molar-refractivity contribution in [2.45, 2.75) is 26.9 Å². The first-order chi connectivity index (χ1) is 10.1. The molecule has 1 aliphatic heterocycles. The standard InChI is InChI=1S/C15H21NO5/c1-10(2)3-4-16-15(18)8-19-12-6-14-13(20-9-21-14)5-11(12)7-17/h5-6,10,17H,3-4,7-9H2,1-2H3,(H,16,18). The third-order valence-electron chi connectivity index (χ3n) is 3.13. The number of aliphatic hydroxyl groups excluding tert-OH is 1. The van der Waals surface area contributed by atoms with Crippen LogP contribution < -0.4 is 19.5 Å². The summed E-state index contributed by atoms with van der Waals surface area (Å²) in [5, 5.41) is 12.1. The average molecular weight is 295 g/mol. The smallest absolute Gasteiger partial charge is 0.257 e. The zero-order chi connectivity index (χ0) is 15.2. The van der Waals surface area contributed by atoms with Gasteiger partial charge in [0, 0.05) is 18.2 Å². The highest BCUT2D eigenvalue weighted by Crippen LogP contribution is 2.38. The van der Waals surface area contributed by atoms with Gasteiger partial charge >= 0.3 is 0 Å². The molecule has 116 valence electrons. The second-order valence-corrected chi connectivity index (χ2v) is 5.29. The molecule has 0 radical (unpaired) electrons. The number of aliphatic hydroxyl groups is 1. The third kappa shape index (κ3) is 4.26. The van der Waals surface area contributed by atoms with E-state index in [1.54, 1.807) is 12.1 Å². The fraction of sp³-hybridized carbons (Fsp3) is 0.533. The first kappa shape index (κ1) is 15.4. The quantitative estimate of drug-likeness (QED) is 0.796. The van der Waals surface area contributed by atoms with E-state index in [1.807, 2.05) is 0 Å². The second-order valence-electron chi connectivity index (χ2n) is 5.29. The van der Waals surface area contributed by atoms with Crippen LogP contribution in [-0.4, -0.2) is 31.0 Å². The lowest BCUT2D eigenvalue weighted by Crippen LogP contribution is -2.30. The molecule has 6 heteroatoms. The summed E-state index contributed by atoms with van der Waals surface area (Å²) in [6.07, 6.45) is 0.928. The normalized spacial score (nSPS) is 12.6. The lowest BCUT2D eigenvalue weighted by atomic mass is 10.1. The van der Waals surface area contributed by atoms with Crippen molar-refractivity contribution < 1.29 is 24.1 Å². The van der Waals surface area contributed by atoms with Crippen molar-refractivity contribution in [3.05, 3.63) is 17.7 Å². The Kier molecular flexibility index (Phi) is 5.27. The molecule has 0 fully saturated rings. The fourth-order valence-corrected chi connectivity index (χ4v) is 1.92. The van der Waals surface area contributed by atoms with Crippen molar-refractivity contribution in [3.8, 4) is 17.2 Å². The van der Waals surface area contributed by atoms with E-state index in [2.05, 4.69) is 19.2 Å². The molecule has 0 saturated carbocycles. The Bertz CT molecular complexity index is 501. The lowest BCUT2D eigenvalue weighted by molar-refractivity contribution is -0.123. The number of hydrogen-bond donors (Lipinski definition) is 2.